The maximum absolute atomic E-state index is 12.6. The van der Waals surface area contributed by atoms with Crippen molar-refractivity contribution in [1.82, 2.24) is 4.90 Å². The van der Waals surface area contributed by atoms with Gasteiger partial charge in [-0.3, -0.25) is 4.79 Å². The molecule has 0 aromatic carbocycles. The number of hydrogen-bond acceptors (Lipinski definition) is 2. The normalized spacial score (nSPS) is 17.4. The van der Waals surface area contributed by atoms with Crippen LogP contribution in [0.3, 0.4) is 0 Å². The molecule has 1 aliphatic carbocycles. The number of ether oxygens (including phenoxy) is 1. The second-order valence-corrected chi connectivity index (χ2v) is 6.33. The van der Waals surface area contributed by atoms with E-state index in [-0.39, 0.29) is 5.91 Å². The lowest BCUT2D eigenvalue weighted by Gasteiger charge is -2.35. The third kappa shape index (κ3) is 3.98. The number of amides is 1. The average Bonchev–Trinajstić information content (AvgIpc) is 2.82. The third-order valence-corrected chi connectivity index (χ3v) is 4.00. The topological polar surface area (TPSA) is 29.5 Å². The molecule has 1 saturated carbocycles. The van der Waals surface area contributed by atoms with E-state index in [2.05, 4.69) is 18.7 Å². The van der Waals surface area contributed by atoms with E-state index >= 15 is 0 Å². The first kappa shape index (κ1) is 15.5. The first-order valence-electron chi connectivity index (χ1n) is 7.24. The lowest BCUT2D eigenvalue weighted by molar-refractivity contribution is -0.153. The van der Waals surface area contributed by atoms with Gasteiger partial charge in [-0.1, -0.05) is 26.7 Å². The van der Waals surface area contributed by atoms with Crippen LogP contribution in [0.1, 0.15) is 59.8 Å². The molecule has 0 radical (unpaired) electrons. The maximum atomic E-state index is 12.6. The van der Waals surface area contributed by atoms with E-state index in [0.717, 1.165) is 25.8 Å². The minimum atomic E-state index is -0.695. The quantitative estimate of drug-likeness (QED) is 0.729. The number of hydrogen-bond donors (Lipinski definition) is 0. The van der Waals surface area contributed by atoms with E-state index in [1.807, 2.05) is 13.8 Å². The molecular formula is C15H29NO2. The van der Waals surface area contributed by atoms with Crippen molar-refractivity contribution in [2.45, 2.75) is 71.4 Å². The second-order valence-electron chi connectivity index (χ2n) is 6.33. The van der Waals surface area contributed by atoms with Crippen molar-refractivity contribution in [2.24, 2.45) is 5.92 Å². The fraction of sp³-hybridized carbons (Fsp3) is 0.933. The van der Waals surface area contributed by atoms with Gasteiger partial charge in [-0.25, -0.2) is 0 Å². The van der Waals surface area contributed by atoms with E-state index in [1.165, 1.54) is 12.8 Å². The minimum absolute atomic E-state index is 0.151. The molecule has 0 aliphatic heterocycles. The molecular weight excluding hydrogens is 226 g/mol. The molecule has 1 amide bonds. The van der Waals surface area contributed by atoms with E-state index in [4.69, 9.17) is 4.74 Å². The molecule has 18 heavy (non-hydrogen) atoms. The lowest BCUT2D eigenvalue weighted by atomic mass is 10.0. The summed E-state index contributed by atoms with van der Waals surface area (Å²) in [5, 5.41) is 0. The largest absolute Gasteiger partial charge is 0.369 e. The van der Waals surface area contributed by atoms with Crippen LogP contribution >= 0.6 is 0 Å². The molecule has 0 unspecified atom stereocenters. The van der Waals surface area contributed by atoms with Crippen LogP contribution < -0.4 is 0 Å². The zero-order valence-electron chi connectivity index (χ0n) is 12.7. The van der Waals surface area contributed by atoms with Crippen molar-refractivity contribution in [3.63, 3.8) is 0 Å². The van der Waals surface area contributed by atoms with Crippen molar-refractivity contribution in [3.8, 4) is 0 Å². The van der Waals surface area contributed by atoms with E-state index in [9.17, 15) is 4.79 Å². The Morgan fingerprint density at radius 1 is 1.33 bits per heavy atom. The molecule has 0 atom stereocenters. The van der Waals surface area contributed by atoms with Gasteiger partial charge >= 0.3 is 0 Å². The Morgan fingerprint density at radius 3 is 2.33 bits per heavy atom. The Balaban J connectivity index is 2.72. The number of rotatable bonds is 6. The van der Waals surface area contributed by atoms with Crippen LogP contribution in [0.4, 0.5) is 0 Å². The van der Waals surface area contributed by atoms with Gasteiger partial charge in [0.1, 0.15) is 5.60 Å². The molecule has 1 fully saturated rings. The molecule has 106 valence electrons. The summed E-state index contributed by atoms with van der Waals surface area (Å²) < 4.78 is 5.36. The Morgan fingerprint density at radius 2 is 1.89 bits per heavy atom. The van der Waals surface area contributed by atoms with Gasteiger partial charge in [0.2, 0.25) is 0 Å². The fourth-order valence-corrected chi connectivity index (χ4v) is 2.50. The highest BCUT2D eigenvalue weighted by Crippen LogP contribution is 2.27. The van der Waals surface area contributed by atoms with E-state index in [1.54, 1.807) is 7.11 Å². The number of nitrogens with zero attached hydrogens (tertiary/aromatic N) is 1. The summed E-state index contributed by atoms with van der Waals surface area (Å²) in [5.41, 5.74) is -0.695. The highest BCUT2D eigenvalue weighted by Gasteiger charge is 2.36. The zero-order valence-corrected chi connectivity index (χ0v) is 12.7. The molecule has 1 aliphatic rings. The van der Waals surface area contributed by atoms with Crippen LogP contribution in [-0.4, -0.2) is 36.1 Å². The predicted molar refractivity (Wildman–Crippen MR) is 74.5 cm³/mol. The van der Waals surface area contributed by atoms with Crippen LogP contribution in [0.25, 0.3) is 0 Å². The summed E-state index contributed by atoms with van der Waals surface area (Å²) in [6, 6.07) is 0.436. The molecule has 0 N–H and O–H groups in total. The Labute approximate surface area is 112 Å². The van der Waals surface area contributed by atoms with Gasteiger partial charge in [-0.05, 0) is 39.0 Å². The smallest absolute Gasteiger partial charge is 0.254 e. The summed E-state index contributed by atoms with van der Waals surface area (Å²) in [6.45, 7) is 9.02. The van der Waals surface area contributed by atoms with Crippen LogP contribution in [0.15, 0.2) is 0 Å². The molecule has 0 spiro atoms. The first-order valence-corrected chi connectivity index (χ1v) is 7.24. The molecule has 3 nitrogen and oxygen atoms in total. The van der Waals surface area contributed by atoms with Crippen LogP contribution in [0.5, 0.6) is 0 Å². The monoisotopic (exact) mass is 255 g/mol. The first-order chi connectivity index (χ1) is 8.38. The van der Waals surface area contributed by atoms with Gasteiger partial charge in [0, 0.05) is 19.7 Å². The van der Waals surface area contributed by atoms with Crippen molar-refractivity contribution in [2.75, 3.05) is 13.7 Å². The van der Waals surface area contributed by atoms with Crippen LogP contribution in [0.2, 0.25) is 0 Å². The lowest BCUT2D eigenvalue weighted by Crippen LogP contribution is -2.50. The molecule has 1 rings (SSSR count). The van der Waals surface area contributed by atoms with E-state index in [0.29, 0.717) is 12.0 Å². The van der Waals surface area contributed by atoms with Gasteiger partial charge in [0.15, 0.2) is 0 Å². The summed E-state index contributed by atoms with van der Waals surface area (Å²) in [5.74, 6) is 0.782. The van der Waals surface area contributed by atoms with Gasteiger partial charge in [0.05, 0.1) is 0 Å². The van der Waals surface area contributed by atoms with Gasteiger partial charge in [-0.2, -0.15) is 0 Å². The zero-order chi connectivity index (χ0) is 13.8. The standard InChI is InChI=1S/C15H29NO2/c1-12(2)10-11-16(13-8-6-7-9-13)14(17)15(3,4)18-5/h12-13H,6-11H2,1-5H3. The fourth-order valence-electron chi connectivity index (χ4n) is 2.50. The summed E-state index contributed by atoms with van der Waals surface area (Å²) in [4.78, 5) is 14.7. The van der Waals surface area contributed by atoms with Crippen molar-refractivity contribution in [1.29, 1.82) is 0 Å². The van der Waals surface area contributed by atoms with Crippen LogP contribution in [0, 0.1) is 5.92 Å². The minimum Gasteiger partial charge on any atom is -0.369 e. The molecule has 0 heterocycles. The summed E-state index contributed by atoms with van der Waals surface area (Å²) in [6.07, 6.45) is 5.89. The predicted octanol–water partition coefficient (Wildman–Crippen LogP) is 3.23. The summed E-state index contributed by atoms with van der Waals surface area (Å²) >= 11 is 0. The maximum Gasteiger partial charge on any atom is 0.254 e. The second kappa shape index (κ2) is 6.55. The SMILES string of the molecule is COC(C)(C)C(=O)N(CCC(C)C)C1CCCC1. The third-order valence-electron chi connectivity index (χ3n) is 4.00. The highest BCUT2D eigenvalue weighted by molar-refractivity contribution is 5.84. The molecule has 3 heteroatoms. The van der Waals surface area contributed by atoms with Crippen molar-refractivity contribution >= 4 is 5.91 Å². The highest BCUT2D eigenvalue weighted by atomic mass is 16.5. The molecule has 0 saturated heterocycles. The molecule has 0 aromatic rings. The van der Waals surface area contributed by atoms with Gasteiger partial charge in [-0.15, -0.1) is 0 Å². The summed E-state index contributed by atoms with van der Waals surface area (Å²) in [7, 11) is 1.62. The molecule has 0 bridgehead atoms. The number of methoxy groups -OCH3 is 1. The van der Waals surface area contributed by atoms with Gasteiger partial charge < -0.3 is 9.64 Å². The molecule has 0 aromatic heterocycles. The Hall–Kier alpha value is -0.570. The number of carbonyl (C=O) groups is 1. The number of carbonyl (C=O) groups excluding carboxylic acids is 1. The average molecular weight is 255 g/mol. The van der Waals surface area contributed by atoms with Crippen molar-refractivity contribution < 1.29 is 9.53 Å². The Bertz CT molecular complexity index is 268. The van der Waals surface area contributed by atoms with Crippen LogP contribution in [-0.2, 0) is 9.53 Å². The van der Waals surface area contributed by atoms with E-state index < -0.39 is 5.60 Å². The Kier molecular flexibility index (Phi) is 5.64. The van der Waals surface area contributed by atoms with Gasteiger partial charge in [0.25, 0.3) is 5.91 Å². The van der Waals surface area contributed by atoms with Crippen molar-refractivity contribution in [3.05, 3.63) is 0 Å².